The Bertz CT molecular complexity index is 542. The topological polar surface area (TPSA) is 27.1 Å². The number of ether oxygens (including phenoxy) is 1. The van der Waals surface area contributed by atoms with Crippen molar-refractivity contribution in [3.05, 3.63) is 28.4 Å². The third kappa shape index (κ3) is 2.47. The molecule has 92 valence electrons. The number of rotatable bonds is 4. The highest BCUT2D eigenvalue weighted by Crippen LogP contribution is 2.27. The second-order valence-electron chi connectivity index (χ2n) is 3.66. The molecular weight excluding hydrogens is 294 g/mol. The smallest absolute Gasteiger partial charge is 0.186 e. The first kappa shape index (κ1) is 12.4. The summed E-state index contributed by atoms with van der Waals surface area (Å²) in [6.07, 6.45) is 2.46. The summed E-state index contributed by atoms with van der Waals surface area (Å²) in [5.74, 6) is -1.81. The van der Waals surface area contributed by atoms with Gasteiger partial charge in [0.25, 0.3) is 0 Å². The van der Waals surface area contributed by atoms with Gasteiger partial charge in [-0.2, -0.15) is 5.10 Å². The first-order chi connectivity index (χ1) is 8.13. The number of fused-ring (bicyclic) bond motifs is 1. The molecule has 2 aromatic rings. The van der Waals surface area contributed by atoms with Crippen molar-refractivity contribution in [2.75, 3.05) is 13.7 Å². The zero-order valence-corrected chi connectivity index (χ0v) is 10.8. The van der Waals surface area contributed by atoms with Gasteiger partial charge in [-0.3, -0.25) is 4.68 Å². The van der Waals surface area contributed by atoms with Crippen molar-refractivity contribution >= 4 is 26.8 Å². The van der Waals surface area contributed by atoms with Crippen LogP contribution >= 0.6 is 15.9 Å². The summed E-state index contributed by atoms with van der Waals surface area (Å²) in [5, 5.41) is 4.59. The van der Waals surface area contributed by atoms with Crippen LogP contribution in [0.15, 0.2) is 16.7 Å². The molecule has 0 aliphatic carbocycles. The summed E-state index contributed by atoms with van der Waals surface area (Å²) >= 11 is 3.19. The third-order valence-corrected chi connectivity index (χ3v) is 3.08. The number of aryl methyl sites for hydroxylation is 1. The Morgan fingerprint density at radius 1 is 1.47 bits per heavy atom. The summed E-state index contributed by atoms with van der Waals surface area (Å²) in [6.45, 7) is 1.21. The molecule has 0 atom stereocenters. The molecule has 0 N–H and O–H groups in total. The van der Waals surface area contributed by atoms with Crippen molar-refractivity contribution in [3.8, 4) is 0 Å². The lowest BCUT2D eigenvalue weighted by molar-refractivity contribution is 0.189. The molecule has 0 radical (unpaired) electrons. The van der Waals surface area contributed by atoms with E-state index in [0.717, 1.165) is 12.5 Å². The van der Waals surface area contributed by atoms with E-state index in [9.17, 15) is 8.78 Å². The summed E-state index contributed by atoms with van der Waals surface area (Å²) in [4.78, 5) is 0. The Labute approximate surface area is 105 Å². The Morgan fingerprint density at radius 3 is 2.94 bits per heavy atom. The van der Waals surface area contributed by atoms with Gasteiger partial charge in [-0.25, -0.2) is 8.78 Å². The molecule has 0 aliphatic heterocycles. The van der Waals surface area contributed by atoms with Gasteiger partial charge in [0, 0.05) is 36.3 Å². The molecule has 0 spiro atoms. The molecule has 1 aromatic carbocycles. The monoisotopic (exact) mass is 304 g/mol. The van der Waals surface area contributed by atoms with Gasteiger partial charge in [-0.15, -0.1) is 0 Å². The van der Waals surface area contributed by atoms with Gasteiger partial charge in [-0.05, 0) is 28.4 Å². The van der Waals surface area contributed by atoms with E-state index in [2.05, 4.69) is 21.0 Å². The number of nitrogens with zero attached hydrogens (tertiary/aromatic N) is 2. The van der Waals surface area contributed by atoms with Crippen molar-refractivity contribution in [3.63, 3.8) is 0 Å². The quantitative estimate of drug-likeness (QED) is 0.641. The van der Waals surface area contributed by atoms with Gasteiger partial charge < -0.3 is 4.74 Å². The molecular formula is C11H11BrF2N2O. The van der Waals surface area contributed by atoms with Crippen molar-refractivity contribution in [2.45, 2.75) is 13.0 Å². The Kier molecular flexibility index (Phi) is 3.73. The molecule has 3 nitrogen and oxygen atoms in total. The van der Waals surface area contributed by atoms with Crippen LogP contribution in [0.3, 0.4) is 0 Å². The van der Waals surface area contributed by atoms with Crippen LogP contribution in [0.5, 0.6) is 0 Å². The second kappa shape index (κ2) is 5.10. The van der Waals surface area contributed by atoms with E-state index >= 15 is 0 Å². The molecule has 0 amide bonds. The molecule has 0 fully saturated rings. The molecule has 0 saturated heterocycles. The van der Waals surface area contributed by atoms with Crippen LogP contribution in [0.2, 0.25) is 0 Å². The molecule has 1 aromatic heterocycles. The van der Waals surface area contributed by atoms with Gasteiger partial charge in [-0.1, -0.05) is 0 Å². The fraction of sp³-hybridized carbons (Fsp3) is 0.364. The maximum atomic E-state index is 13.5. The number of hydrogen-bond acceptors (Lipinski definition) is 2. The fourth-order valence-corrected chi connectivity index (χ4v) is 2.10. The van der Waals surface area contributed by atoms with Crippen LogP contribution in [0.4, 0.5) is 8.78 Å². The van der Waals surface area contributed by atoms with Crippen LogP contribution in [0, 0.1) is 11.6 Å². The number of methoxy groups -OCH3 is 1. The lowest BCUT2D eigenvalue weighted by Gasteiger charge is -1.99. The summed E-state index contributed by atoms with van der Waals surface area (Å²) in [5.41, 5.74) is 0.0503. The Balaban J connectivity index is 2.36. The molecule has 1 heterocycles. The molecule has 6 heteroatoms. The number of benzene rings is 1. The third-order valence-electron chi connectivity index (χ3n) is 2.43. The van der Waals surface area contributed by atoms with Crippen molar-refractivity contribution in [2.24, 2.45) is 0 Å². The average molecular weight is 305 g/mol. The SMILES string of the molecule is COCCCn1cc2c(Br)cc(F)c(F)c2n1. The van der Waals surface area contributed by atoms with E-state index in [1.54, 1.807) is 18.0 Å². The predicted octanol–water partition coefficient (Wildman–Crippen LogP) is 3.11. The van der Waals surface area contributed by atoms with Gasteiger partial charge >= 0.3 is 0 Å². The van der Waals surface area contributed by atoms with E-state index in [4.69, 9.17) is 4.74 Å². The highest BCUT2D eigenvalue weighted by atomic mass is 79.9. The summed E-state index contributed by atoms with van der Waals surface area (Å²) in [7, 11) is 1.62. The Morgan fingerprint density at radius 2 is 2.24 bits per heavy atom. The maximum absolute atomic E-state index is 13.5. The Hall–Kier alpha value is -1.01. The molecule has 0 bridgehead atoms. The van der Waals surface area contributed by atoms with Gasteiger partial charge in [0.1, 0.15) is 5.52 Å². The van der Waals surface area contributed by atoms with Crippen molar-refractivity contribution in [1.29, 1.82) is 0 Å². The summed E-state index contributed by atoms with van der Waals surface area (Å²) in [6, 6.07) is 1.11. The zero-order valence-electron chi connectivity index (χ0n) is 9.21. The highest BCUT2D eigenvalue weighted by Gasteiger charge is 2.14. The number of hydrogen-bond donors (Lipinski definition) is 0. The zero-order chi connectivity index (χ0) is 12.4. The van der Waals surface area contributed by atoms with Crippen molar-refractivity contribution in [1.82, 2.24) is 9.78 Å². The lowest BCUT2D eigenvalue weighted by atomic mass is 10.2. The molecule has 0 unspecified atom stereocenters. The number of aromatic nitrogens is 2. The van der Waals surface area contributed by atoms with Crippen molar-refractivity contribution < 1.29 is 13.5 Å². The largest absolute Gasteiger partial charge is 0.385 e. The molecule has 17 heavy (non-hydrogen) atoms. The van der Waals surface area contributed by atoms with Gasteiger partial charge in [0.2, 0.25) is 0 Å². The van der Waals surface area contributed by atoms with Crippen LogP contribution in [0.1, 0.15) is 6.42 Å². The first-order valence-electron chi connectivity index (χ1n) is 5.13. The average Bonchev–Trinajstić information content (AvgIpc) is 2.71. The predicted molar refractivity (Wildman–Crippen MR) is 63.8 cm³/mol. The molecule has 0 aliphatic rings. The molecule has 2 rings (SSSR count). The van der Waals surface area contributed by atoms with Crippen LogP contribution < -0.4 is 0 Å². The lowest BCUT2D eigenvalue weighted by Crippen LogP contribution is -2.01. The van der Waals surface area contributed by atoms with E-state index in [1.807, 2.05) is 0 Å². The van der Waals surface area contributed by atoms with E-state index < -0.39 is 11.6 Å². The first-order valence-corrected chi connectivity index (χ1v) is 5.92. The minimum absolute atomic E-state index is 0.0503. The minimum atomic E-state index is -0.909. The van der Waals surface area contributed by atoms with Gasteiger partial charge in [0.15, 0.2) is 11.6 Å². The van der Waals surface area contributed by atoms with E-state index in [1.165, 1.54) is 0 Å². The molecule has 0 saturated carbocycles. The van der Waals surface area contributed by atoms with E-state index in [-0.39, 0.29) is 5.52 Å². The maximum Gasteiger partial charge on any atom is 0.186 e. The van der Waals surface area contributed by atoms with E-state index in [0.29, 0.717) is 23.0 Å². The number of halogens is 3. The minimum Gasteiger partial charge on any atom is -0.385 e. The standard InChI is InChI=1S/C11H11BrF2N2O/c1-17-4-2-3-16-6-7-8(12)5-9(13)10(14)11(7)15-16/h5-6H,2-4H2,1H3. The van der Waals surface area contributed by atoms with Crippen LogP contribution in [0.25, 0.3) is 10.9 Å². The highest BCUT2D eigenvalue weighted by molar-refractivity contribution is 9.10. The second-order valence-corrected chi connectivity index (χ2v) is 4.51. The fourth-order valence-electron chi connectivity index (χ4n) is 1.61. The summed E-state index contributed by atoms with van der Waals surface area (Å²) < 4.78 is 33.7. The van der Waals surface area contributed by atoms with Crippen LogP contribution in [-0.2, 0) is 11.3 Å². The van der Waals surface area contributed by atoms with Crippen LogP contribution in [-0.4, -0.2) is 23.5 Å². The normalized spacial score (nSPS) is 11.3. The van der Waals surface area contributed by atoms with Gasteiger partial charge in [0.05, 0.1) is 0 Å².